The van der Waals surface area contributed by atoms with Gasteiger partial charge in [-0.3, -0.25) is 24.0 Å². The maximum atomic E-state index is 13.4. The first-order chi connectivity index (χ1) is 24.9. The van der Waals surface area contributed by atoms with E-state index in [0.29, 0.717) is 24.6 Å². The van der Waals surface area contributed by atoms with Crippen molar-refractivity contribution in [3.8, 4) is 0 Å². The van der Waals surface area contributed by atoms with Gasteiger partial charge in [-0.25, -0.2) is 31.3 Å². The van der Waals surface area contributed by atoms with Crippen LogP contribution in [0.3, 0.4) is 0 Å². The Labute approximate surface area is 303 Å². The zero-order valence-electron chi connectivity index (χ0n) is 28.6. The van der Waals surface area contributed by atoms with Crippen molar-refractivity contribution in [3.63, 3.8) is 0 Å². The number of nitrogens with zero attached hydrogens (tertiary/aromatic N) is 3. The van der Waals surface area contributed by atoms with Gasteiger partial charge in [-0.05, 0) is 35.4 Å². The number of aromatic amines is 2. The molecule has 2 heterocycles. The molecule has 0 fully saturated rings. The molecule has 3 amide bonds. The molecule has 0 aliphatic rings. The second-order valence-corrected chi connectivity index (χ2v) is 15.0. The van der Waals surface area contributed by atoms with Crippen molar-refractivity contribution < 1.29 is 57.6 Å². The number of halogens is 6. The van der Waals surface area contributed by atoms with Crippen LogP contribution in [0, 0.1) is 0 Å². The van der Waals surface area contributed by atoms with Crippen LogP contribution in [0.1, 0.15) is 43.0 Å². The van der Waals surface area contributed by atoms with Crippen LogP contribution in [0.2, 0.25) is 0 Å². The summed E-state index contributed by atoms with van der Waals surface area (Å²) in [7, 11) is -8.40. The zero-order chi connectivity index (χ0) is 42.2. The number of sulfonamides is 2. The first-order valence-electron chi connectivity index (χ1n) is 14.7. The second kappa shape index (κ2) is 15.4. The van der Waals surface area contributed by atoms with E-state index in [9.17, 15) is 76.7 Å². The normalized spacial score (nSPS) is 12.1. The molecule has 0 unspecified atom stereocenters. The molecule has 0 aliphatic carbocycles. The van der Waals surface area contributed by atoms with Crippen LogP contribution in [0.4, 0.5) is 26.3 Å². The van der Waals surface area contributed by atoms with Crippen LogP contribution in [0.15, 0.2) is 43.4 Å². The first kappa shape index (κ1) is 43.4. The lowest BCUT2D eigenvalue weighted by atomic mass is 10.0. The average molecular weight is 831 g/mol. The Balaban J connectivity index is 0.000000297. The van der Waals surface area contributed by atoms with Crippen LogP contribution in [-0.2, 0) is 59.9 Å². The predicted octanol–water partition coefficient (Wildman–Crippen LogP) is -0.363. The minimum absolute atomic E-state index is 0.0184. The molecule has 300 valence electrons. The van der Waals surface area contributed by atoms with Gasteiger partial charge < -0.3 is 20.6 Å². The van der Waals surface area contributed by atoms with Crippen molar-refractivity contribution in [1.82, 2.24) is 30.0 Å². The van der Waals surface area contributed by atoms with Crippen LogP contribution in [0.5, 0.6) is 0 Å². The number of hydrogen-bond acceptors (Lipinski definition) is 11. The van der Waals surface area contributed by atoms with E-state index in [2.05, 4.69) is 10.6 Å². The monoisotopic (exact) mass is 830 g/mol. The van der Waals surface area contributed by atoms with E-state index in [1.807, 2.05) is 9.97 Å². The number of carbonyl (C=O) groups is 3. The maximum absolute atomic E-state index is 13.4. The van der Waals surface area contributed by atoms with Gasteiger partial charge >= 0.3 is 23.7 Å². The molecule has 55 heavy (non-hydrogen) atoms. The van der Waals surface area contributed by atoms with Gasteiger partial charge in [0, 0.05) is 33.9 Å². The average Bonchev–Trinajstić information content (AvgIpc) is 3.00. The van der Waals surface area contributed by atoms with Crippen molar-refractivity contribution in [2.24, 2.45) is 0 Å². The number of nitrogens with one attached hydrogen (secondary N) is 5. The third kappa shape index (κ3) is 10.4. The Bertz CT molecular complexity index is 2700. The van der Waals surface area contributed by atoms with Crippen molar-refractivity contribution in [2.75, 3.05) is 21.8 Å². The second-order valence-electron chi connectivity index (χ2n) is 11.4. The summed E-state index contributed by atoms with van der Waals surface area (Å²) in [5, 5.41) is 3.50. The summed E-state index contributed by atoms with van der Waals surface area (Å²) in [6, 6.07) is 2.66. The Hall–Kier alpha value is -5.99. The molecule has 19 nitrogen and oxygen atoms in total. The van der Waals surface area contributed by atoms with E-state index in [-0.39, 0.29) is 19.2 Å². The van der Waals surface area contributed by atoms with Gasteiger partial charge in [-0.15, -0.1) is 9.09 Å². The molecule has 0 bridgehead atoms. The highest BCUT2D eigenvalue weighted by Gasteiger charge is 2.36. The van der Waals surface area contributed by atoms with Gasteiger partial charge in [-0.1, -0.05) is 0 Å². The highest BCUT2D eigenvalue weighted by atomic mass is 32.2. The molecule has 2 aromatic carbocycles. The highest BCUT2D eigenvalue weighted by Crippen LogP contribution is 2.34. The topological polar surface area (TPSA) is 269 Å². The summed E-state index contributed by atoms with van der Waals surface area (Å²) in [6.07, 6.45) is -8.41. The van der Waals surface area contributed by atoms with E-state index in [0.717, 1.165) is 32.9 Å². The van der Waals surface area contributed by atoms with E-state index in [1.54, 1.807) is 4.83 Å². The van der Waals surface area contributed by atoms with E-state index < -0.39 is 124 Å². The molecule has 0 radical (unpaired) electrons. The molecule has 5 N–H and O–H groups in total. The molecule has 4 aromatic rings. The predicted molar refractivity (Wildman–Crippen MR) is 181 cm³/mol. The summed E-state index contributed by atoms with van der Waals surface area (Å²) in [6.45, 7) is 1.87. The number of benzene rings is 2. The van der Waals surface area contributed by atoms with Gasteiger partial charge in [-0.2, -0.15) is 31.0 Å². The number of carbonyl (C=O) groups excluding carboxylic acids is 3. The van der Waals surface area contributed by atoms with Gasteiger partial charge in [0.2, 0.25) is 21.8 Å². The first-order valence-corrected chi connectivity index (χ1v) is 18.4. The van der Waals surface area contributed by atoms with E-state index in [4.69, 9.17) is 0 Å². The summed E-state index contributed by atoms with van der Waals surface area (Å²) >= 11 is 0. The summed E-state index contributed by atoms with van der Waals surface area (Å²) in [5.74, 6) is -2.40. The van der Waals surface area contributed by atoms with Crippen molar-refractivity contribution in [1.29, 1.82) is 0 Å². The zero-order valence-corrected chi connectivity index (χ0v) is 30.3. The fourth-order valence-electron chi connectivity index (χ4n) is 4.80. The number of hydrogen-bond donors (Lipinski definition) is 5. The molecule has 0 atom stereocenters. The molecule has 0 aliphatic heterocycles. The van der Waals surface area contributed by atoms with Crippen LogP contribution in [0.25, 0.3) is 21.8 Å². The lowest BCUT2D eigenvalue weighted by molar-refractivity contribution is -0.139. The quantitative estimate of drug-likeness (QED) is 0.143. The largest absolute Gasteiger partial charge is 0.416 e. The van der Waals surface area contributed by atoms with Gasteiger partial charge in [0.25, 0.3) is 27.0 Å². The number of rotatable bonds is 8. The van der Waals surface area contributed by atoms with Crippen LogP contribution >= 0.6 is 0 Å². The Kier molecular flexibility index (Phi) is 12.2. The van der Waals surface area contributed by atoms with Crippen LogP contribution < -0.4 is 42.4 Å². The number of alkyl halides is 6. The number of aromatic nitrogens is 4. The summed E-state index contributed by atoms with van der Waals surface area (Å²) < 4.78 is 126. The standard InChI is InChI=1S/C15H15F3N4O6S.C13H13F3N4O5S/c1-7(23)19-6-9-4-10-12(5-11(9)15(16,17)18)20-14(26)21(13(10)25)22(8(2)24)29(3,27)28;1-6(21)17-5-7-3-8-10(4-9(7)13(14,15)16)18-12(23)20(11(8)22)19-26(2,24)25/h4-5H,6H2,1-3H3,(H,19,23)(H,20,26);3-4,19H,5H2,1-2H3,(H,17,21)(H,18,23). The number of fused-ring (bicyclic) bond motifs is 2. The fourth-order valence-corrected chi connectivity index (χ4v) is 6.21. The van der Waals surface area contributed by atoms with E-state index in [1.165, 1.54) is 0 Å². The van der Waals surface area contributed by atoms with Crippen molar-refractivity contribution in [2.45, 2.75) is 46.2 Å². The Morgan fingerprint density at radius 2 is 1.09 bits per heavy atom. The Morgan fingerprint density at radius 1 is 0.691 bits per heavy atom. The third-order valence-electron chi connectivity index (χ3n) is 6.91. The smallest absolute Gasteiger partial charge is 0.352 e. The lowest BCUT2D eigenvalue weighted by Gasteiger charge is -2.20. The molecule has 2 aromatic heterocycles. The highest BCUT2D eigenvalue weighted by molar-refractivity contribution is 7.92. The molecule has 4 rings (SSSR count). The van der Waals surface area contributed by atoms with Gasteiger partial charge in [0.05, 0.1) is 45.4 Å². The van der Waals surface area contributed by atoms with Crippen molar-refractivity contribution >= 4 is 59.6 Å². The number of H-pyrrole nitrogens is 2. The maximum Gasteiger partial charge on any atom is 0.416 e. The molecular formula is C28H28F6N8O11S2. The molecule has 0 saturated heterocycles. The molecule has 0 saturated carbocycles. The molecule has 27 heteroatoms. The molecule has 0 spiro atoms. The summed E-state index contributed by atoms with van der Waals surface area (Å²) in [5.41, 5.74) is -9.39. The SMILES string of the molecule is CC(=O)NCc1cc2c(=O)n(N(C(C)=O)S(C)(=O)=O)c(=O)[nH]c2cc1C(F)(F)F.CC(=O)NCc1cc2c(=O)n(NS(C)(=O)=O)c(=O)[nH]c2cc1C(F)(F)F. The van der Waals surface area contributed by atoms with E-state index >= 15 is 0 Å². The molecular weight excluding hydrogens is 802 g/mol. The fraction of sp³-hybridized carbons (Fsp3) is 0.321. The third-order valence-corrected chi connectivity index (χ3v) is 8.47. The minimum atomic E-state index is -4.87. The van der Waals surface area contributed by atoms with Gasteiger partial charge in [0.1, 0.15) is 0 Å². The van der Waals surface area contributed by atoms with Gasteiger partial charge in [0.15, 0.2) is 0 Å². The summed E-state index contributed by atoms with van der Waals surface area (Å²) in [4.78, 5) is 88.5. The van der Waals surface area contributed by atoms with Crippen molar-refractivity contribution in [3.05, 3.63) is 88.2 Å². The Morgan fingerprint density at radius 3 is 1.44 bits per heavy atom. The van der Waals surface area contributed by atoms with Crippen LogP contribution in [-0.4, -0.2) is 66.4 Å². The minimum Gasteiger partial charge on any atom is -0.352 e. The lowest BCUT2D eigenvalue weighted by Crippen LogP contribution is -2.55. The number of amides is 3.